The molecule has 3 rings (SSSR count). The summed E-state index contributed by atoms with van der Waals surface area (Å²) in [5, 5.41) is 3.34. The molecule has 0 spiro atoms. The maximum Gasteiger partial charge on any atom is 0.138 e. The lowest BCUT2D eigenvalue weighted by Gasteiger charge is -2.06. The molecule has 0 aliphatic heterocycles. The van der Waals surface area contributed by atoms with Crippen molar-refractivity contribution in [3.05, 3.63) is 60.4 Å². The fraction of sp³-hybridized carbons (Fsp3) is 0.0714. The van der Waals surface area contributed by atoms with E-state index in [0.29, 0.717) is 6.54 Å². The van der Waals surface area contributed by atoms with Crippen molar-refractivity contribution in [3.8, 4) is 0 Å². The number of nitrogens with zero attached hydrogens (tertiary/aromatic N) is 2. The smallest absolute Gasteiger partial charge is 0.138 e. The third kappa shape index (κ3) is 1.94. The molecule has 4 nitrogen and oxygen atoms in total. The van der Waals surface area contributed by atoms with E-state index in [4.69, 9.17) is 5.73 Å². The summed E-state index contributed by atoms with van der Waals surface area (Å²) in [6.07, 6.45) is 3.81. The maximum atomic E-state index is 5.58. The third-order valence-corrected chi connectivity index (χ3v) is 2.88. The molecule has 0 atom stereocenters. The lowest BCUT2D eigenvalue weighted by molar-refractivity contribution is 1.07. The Bertz CT molecular complexity index is 655. The highest BCUT2D eigenvalue weighted by Crippen LogP contribution is 2.18. The van der Waals surface area contributed by atoms with Crippen LogP contribution < -0.4 is 11.1 Å². The van der Waals surface area contributed by atoms with Crippen LogP contribution in [-0.4, -0.2) is 9.38 Å². The lowest BCUT2D eigenvalue weighted by Crippen LogP contribution is -1.97. The van der Waals surface area contributed by atoms with E-state index < -0.39 is 0 Å². The van der Waals surface area contributed by atoms with Crippen molar-refractivity contribution in [3.63, 3.8) is 0 Å². The van der Waals surface area contributed by atoms with Crippen molar-refractivity contribution < 1.29 is 0 Å². The number of aromatic nitrogens is 2. The van der Waals surface area contributed by atoms with Crippen LogP contribution in [0.25, 0.3) is 5.65 Å². The Morgan fingerprint density at radius 2 is 1.94 bits per heavy atom. The van der Waals surface area contributed by atoms with Crippen LogP contribution in [0.4, 0.5) is 11.5 Å². The number of benzene rings is 1. The fourth-order valence-corrected chi connectivity index (χ4v) is 1.90. The minimum Gasteiger partial charge on any atom is -0.340 e. The lowest BCUT2D eigenvalue weighted by atomic mass is 10.2. The van der Waals surface area contributed by atoms with Gasteiger partial charge in [0.05, 0.1) is 6.20 Å². The van der Waals surface area contributed by atoms with Gasteiger partial charge in [-0.3, -0.25) is 4.40 Å². The van der Waals surface area contributed by atoms with Gasteiger partial charge in [0.2, 0.25) is 0 Å². The first-order chi connectivity index (χ1) is 8.86. The highest BCUT2D eigenvalue weighted by Gasteiger charge is 2.02. The Balaban J connectivity index is 1.91. The van der Waals surface area contributed by atoms with Gasteiger partial charge in [0.1, 0.15) is 11.5 Å². The molecule has 1 aromatic carbocycles. The van der Waals surface area contributed by atoms with Gasteiger partial charge >= 0.3 is 0 Å². The summed E-state index contributed by atoms with van der Waals surface area (Å²) in [6.45, 7) is 0.565. The summed E-state index contributed by atoms with van der Waals surface area (Å²) in [5.41, 5.74) is 8.65. The summed E-state index contributed by atoms with van der Waals surface area (Å²) in [6, 6.07) is 14.0. The topological polar surface area (TPSA) is 55.3 Å². The number of imidazole rings is 1. The van der Waals surface area contributed by atoms with E-state index in [0.717, 1.165) is 22.7 Å². The van der Waals surface area contributed by atoms with Crippen molar-refractivity contribution in [2.75, 3.05) is 5.32 Å². The highest BCUT2D eigenvalue weighted by molar-refractivity contribution is 5.60. The molecule has 0 radical (unpaired) electrons. The van der Waals surface area contributed by atoms with Crippen LogP contribution in [-0.2, 0) is 6.54 Å². The van der Waals surface area contributed by atoms with Crippen LogP contribution in [0.5, 0.6) is 0 Å². The Labute approximate surface area is 105 Å². The highest BCUT2D eigenvalue weighted by atomic mass is 15.1. The van der Waals surface area contributed by atoms with E-state index in [2.05, 4.69) is 10.3 Å². The molecule has 0 fully saturated rings. The van der Waals surface area contributed by atoms with Gasteiger partial charge in [-0.25, -0.2) is 4.98 Å². The summed E-state index contributed by atoms with van der Waals surface area (Å²) in [5.74, 6) is 0.950. The summed E-state index contributed by atoms with van der Waals surface area (Å²) in [7, 11) is 0. The average molecular weight is 238 g/mol. The molecule has 0 unspecified atom stereocenters. The average Bonchev–Trinajstić information content (AvgIpc) is 2.83. The Morgan fingerprint density at radius 3 is 2.72 bits per heavy atom. The first kappa shape index (κ1) is 10.8. The van der Waals surface area contributed by atoms with Gasteiger partial charge in [0.25, 0.3) is 0 Å². The van der Waals surface area contributed by atoms with Crippen molar-refractivity contribution in [1.29, 1.82) is 0 Å². The predicted molar refractivity (Wildman–Crippen MR) is 72.8 cm³/mol. The zero-order valence-corrected chi connectivity index (χ0v) is 9.88. The van der Waals surface area contributed by atoms with Crippen LogP contribution in [0, 0.1) is 0 Å². The Kier molecular flexibility index (Phi) is 2.70. The molecule has 0 saturated carbocycles. The number of nitrogens with one attached hydrogen (secondary N) is 1. The van der Waals surface area contributed by atoms with Gasteiger partial charge < -0.3 is 11.1 Å². The minimum atomic E-state index is 0.565. The largest absolute Gasteiger partial charge is 0.340 e. The molecule has 4 heteroatoms. The number of fused-ring (bicyclic) bond motifs is 1. The molecular weight excluding hydrogens is 224 g/mol. The van der Waals surface area contributed by atoms with Gasteiger partial charge in [0.15, 0.2) is 0 Å². The molecule has 2 aromatic heterocycles. The van der Waals surface area contributed by atoms with Crippen molar-refractivity contribution in [2.45, 2.75) is 6.54 Å². The number of nitrogens with two attached hydrogens (primary N) is 1. The van der Waals surface area contributed by atoms with E-state index in [-0.39, 0.29) is 0 Å². The molecule has 90 valence electrons. The van der Waals surface area contributed by atoms with Crippen molar-refractivity contribution in [1.82, 2.24) is 9.38 Å². The standard InChI is InChI=1S/C14H14N4/c15-9-11-4-6-12(7-5-11)17-14-10-16-13-3-1-2-8-18(13)14/h1-8,10,17H,9,15H2. The van der Waals surface area contributed by atoms with Gasteiger partial charge in [-0.05, 0) is 29.8 Å². The summed E-state index contributed by atoms with van der Waals surface area (Å²) < 4.78 is 2.01. The molecule has 2 heterocycles. The predicted octanol–water partition coefficient (Wildman–Crippen LogP) is 2.54. The Morgan fingerprint density at radius 1 is 1.11 bits per heavy atom. The van der Waals surface area contributed by atoms with E-state index >= 15 is 0 Å². The van der Waals surface area contributed by atoms with Crippen molar-refractivity contribution in [2.24, 2.45) is 5.73 Å². The van der Waals surface area contributed by atoms with E-state index in [1.54, 1.807) is 0 Å². The number of hydrogen-bond donors (Lipinski definition) is 2. The van der Waals surface area contributed by atoms with Crippen LogP contribution in [0.1, 0.15) is 5.56 Å². The quantitative estimate of drug-likeness (QED) is 0.737. The molecule has 0 aliphatic rings. The zero-order valence-electron chi connectivity index (χ0n) is 9.88. The van der Waals surface area contributed by atoms with Gasteiger partial charge in [-0.1, -0.05) is 18.2 Å². The fourth-order valence-electron chi connectivity index (χ4n) is 1.90. The molecule has 0 saturated heterocycles. The van der Waals surface area contributed by atoms with Gasteiger partial charge in [0, 0.05) is 18.4 Å². The second-order valence-electron chi connectivity index (χ2n) is 4.10. The zero-order chi connectivity index (χ0) is 12.4. The molecule has 0 amide bonds. The molecular formula is C14H14N4. The number of rotatable bonds is 3. The molecule has 3 N–H and O–H groups in total. The monoisotopic (exact) mass is 238 g/mol. The van der Waals surface area contributed by atoms with Crippen LogP contribution in [0.2, 0.25) is 0 Å². The van der Waals surface area contributed by atoms with Crippen LogP contribution in [0.15, 0.2) is 54.9 Å². The van der Waals surface area contributed by atoms with Crippen LogP contribution >= 0.6 is 0 Å². The third-order valence-electron chi connectivity index (χ3n) is 2.88. The Hall–Kier alpha value is -2.33. The molecule has 0 bridgehead atoms. The SMILES string of the molecule is NCc1ccc(Nc2cnc3ccccn23)cc1. The summed E-state index contributed by atoms with van der Waals surface area (Å²) >= 11 is 0. The normalized spacial score (nSPS) is 10.7. The number of anilines is 2. The second-order valence-corrected chi connectivity index (χ2v) is 4.10. The molecule has 3 aromatic rings. The number of hydrogen-bond acceptors (Lipinski definition) is 3. The first-order valence-corrected chi connectivity index (χ1v) is 5.85. The maximum absolute atomic E-state index is 5.58. The second kappa shape index (κ2) is 4.50. The van der Waals surface area contributed by atoms with Crippen molar-refractivity contribution >= 4 is 17.2 Å². The van der Waals surface area contributed by atoms with Crippen LogP contribution in [0.3, 0.4) is 0 Å². The van der Waals surface area contributed by atoms with Gasteiger partial charge in [-0.15, -0.1) is 0 Å². The number of pyridine rings is 1. The first-order valence-electron chi connectivity index (χ1n) is 5.85. The molecule has 0 aliphatic carbocycles. The van der Waals surface area contributed by atoms with Gasteiger partial charge in [-0.2, -0.15) is 0 Å². The minimum absolute atomic E-state index is 0.565. The summed E-state index contributed by atoms with van der Waals surface area (Å²) in [4.78, 5) is 4.33. The molecule has 18 heavy (non-hydrogen) atoms. The van der Waals surface area contributed by atoms with E-state index in [1.165, 1.54) is 0 Å². The van der Waals surface area contributed by atoms with E-state index in [1.807, 2.05) is 59.3 Å². The van der Waals surface area contributed by atoms with E-state index in [9.17, 15) is 0 Å².